The zero-order chi connectivity index (χ0) is 23.6. The molecule has 1 unspecified atom stereocenters. The van der Waals surface area contributed by atoms with Crippen LogP contribution < -0.4 is 21.5 Å². The van der Waals surface area contributed by atoms with Crippen LogP contribution in [0.4, 0.5) is 11.8 Å². The molecule has 12 nitrogen and oxygen atoms in total. The van der Waals surface area contributed by atoms with Crippen molar-refractivity contribution >= 4 is 40.2 Å². The molecule has 0 spiro atoms. The summed E-state index contributed by atoms with van der Waals surface area (Å²) in [5, 5.41) is 5.19. The number of aromatic nitrogens is 7. The molecule has 0 aromatic carbocycles. The molecule has 172 valence electrons. The van der Waals surface area contributed by atoms with Gasteiger partial charge in [-0.1, -0.05) is 6.08 Å². The fourth-order valence-corrected chi connectivity index (χ4v) is 4.81. The Balaban J connectivity index is 1.18. The van der Waals surface area contributed by atoms with Crippen LogP contribution in [0.1, 0.15) is 13.0 Å². The van der Waals surface area contributed by atoms with Gasteiger partial charge in [0, 0.05) is 49.4 Å². The number of thiazole rings is 1. The SMILES string of the molecule is C[C@@H](C(=O)Nc1csc(-c2cnc(N3CC4=CC4C3)nc2)n1)n1cnc2c1c(=O)[nH]c(=O)n2C. The highest BCUT2D eigenvalue weighted by Gasteiger charge is 2.36. The molecule has 2 aliphatic rings. The average Bonchev–Trinajstić information content (AvgIpc) is 3.23. The molecule has 1 fully saturated rings. The number of hydrogen-bond acceptors (Lipinski definition) is 9. The van der Waals surface area contributed by atoms with Gasteiger partial charge in [-0.3, -0.25) is 19.1 Å². The maximum absolute atomic E-state index is 12.9. The fourth-order valence-electron chi connectivity index (χ4n) is 4.09. The number of aromatic amines is 1. The summed E-state index contributed by atoms with van der Waals surface area (Å²) in [6.07, 6.45) is 7.12. The number of carbonyl (C=O) groups excluding carboxylic acids is 1. The fraction of sp³-hybridized carbons (Fsp3) is 0.286. The number of hydrogen-bond donors (Lipinski definition) is 2. The second-order valence-corrected chi connectivity index (χ2v) is 9.20. The predicted octanol–water partition coefficient (Wildman–Crippen LogP) is 0.913. The average molecular weight is 478 g/mol. The summed E-state index contributed by atoms with van der Waals surface area (Å²) in [5.74, 6) is 1.31. The van der Waals surface area contributed by atoms with Gasteiger partial charge in [-0.15, -0.1) is 11.3 Å². The van der Waals surface area contributed by atoms with E-state index in [4.69, 9.17) is 0 Å². The van der Waals surface area contributed by atoms with E-state index in [1.807, 2.05) is 0 Å². The highest BCUT2D eigenvalue weighted by atomic mass is 32.1. The van der Waals surface area contributed by atoms with Gasteiger partial charge < -0.3 is 14.8 Å². The number of imidazole rings is 1. The van der Waals surface area contributed by atoms with Crippen molar-refractivity contribution in [3.8, 4) is 10.6 Å². The normalized spacial score (nSPS) is 17.5. The number of anilines is 2. The minimum Gasteiger partial charge on any atom is -0.336 e. The van der Waals surface area contributed by atoms with Crippen molar-refractivity contribution in [1.29, 1.82) is 0 Å². The monoisotopic (exact) mass is 477 g/mol. The van der Waals surface area contributed by atoms with Crippen LogP contribution in [-0.4, -0.2) is 53.1 Å². The highest BCUT2D eigenvalue weighted by molar-refractivity contribution is 7.13. The Bertz CT molecular complexity index is 1590. The Morgan fingerprint density at radius 1 is 1.26 bits per heavy atom. The first-order valence-electron chi connectivity index (χ1n) is 10.6. The first kappa shape index (κ1) is 20.5. The number of rotatable bonds is 5. The molecule has 5 heterocycles. The molecule has 1 aliphatic carbocycles. The molecule has 0 saturated carbocycles. The molecular formula is C21H19N9O3S. The number of amides is 1. The van der Waals surface area contributed by atoms with Crippen molar-refractivity contribution < 1.29 is 4.79 Å². The lowest BCUT2D eigenvalue weighted by atomic mass is 10.3. The van der Waals surface area contributed by atoms with Crippen molar-refractivity contribution in [2.75, 3.05) is 23.3 Å². The van der Waals surface area contributed by atoms with Crippen LogP contribution >= 0.6 is 11.3 Å². The lowest BCUT2D eigenvalue weighted by molar-refractivity contribution is -0.118. The van der Waals surface area contributed by atoms with E-state index in [0.29, 0.717) is 22.7 Å². The van der Waals surface area contributed by atoms with Crippen LogP contribution in [0.3, 0.4) is 0 Å². The van der Waals surface area contributed by atoms with Crippen molar-refractivity contribution in [3.63, 3.8) is 0 Å². The number of carbonyl (C=O) groups is 1. The van der Waals surface area contributed by atoms with E-state index in [2.05, 4.69) is 41.2 Å². The van der Waals surface area contributed by atoms with E-state index in [0.717, 1.165) is 18.7 Å². The smallest absolute Gasteiger partial charge is 0.329 e. The van der Waals surface area contributed by atoms with Gasteiger partial charge in [-0.05, 0) is 12.5 Å². The Labute approximate surface area is 195 Å². The summed E-state index contributed by atoms with van der Waals surface area (Å²) in [7, 11) is 1.50. The largest absolute Gasteiger partial charge is 0.336 e. The minimum atomic E-state index is -0.766. The molecule has 4 aromatic heterocycles. The molecule has 4 aromatic rings. The molecule has 2 N–H and O–H groups in total. The Morgan fingerprint density at radius 3 is 2.79 bits per heavy atom. The molecule has 13 heteroatoms. The molecular weight excluding hydrogens is 458 g/mol. The lowest BCUT2D eigenvalue weighted by Crippen LogP contribution is -2.31. The first-order valence-corrected chi connectivity index (χ1v) is 11.5. The van der Waals surface area contributed by atoms with Crippen molar-refractivity contribution in [3.05, 3.63) is 56.6 Å². The van der Waals surface area contributed by atoms with E-state index >= 15 is 0 Å². The second-order valence-electron chi connectivity index (χ2n) is 8.35. The quantitative estimate of drug-likeness (QED) is 0.404. The van der Waals surface area contributed by atoms with Gasteiger partial charge in [0.05, 0.1) is 6.33 Å². The zero-order valence-corrected chi connectivity index (χ0v) is 19.0. The Kier molecular flexibility index (Phi) is 4.49. The summed E-state index contributed by atoms with van der Waals surface area (Å²) < 4.78 is 2.66. The van der Waals surface area contributed by atoms with Gasteiger partial charge in [0.25, 0.3) is 5.56 Å². The summed E-state index contributed by atoms with van der Waals surface area (Å²) in [6, 6.07) is -0.766. The van der Waals surface area contributed by atoms with Crippen LogP contribution in [0.25, 0.3) is 21.7 Å². The van der Waals surface area contributed by atoms with Crippen LogP contribution in [0.15, 0.2) is 45.3 Å². The molecule has 0 radical (unpaired) electrons. The van der Waals surface area contributed by atoms with E-state index in [9.17, 15) is 14.4 Å². The van der Waals surface area contributed by atoms with E-state index < -0.39 is 17.3 Å². The third-order valence-electron chi connectivity index (χ3n) is 6.13. The molecule has 1 aliphatic heterocycles. The second kappa shape index (κ2) is 7.45. The minimum absolute atomic E-state index is 0.146. The molecule has 6 rings (SSSR count). The summed E-state index contributed by atoms with van der Waals surface area (Å²) in [6.45, 7) is 3.47. The molecule has 0 bridgehead atoms. The standard InChI is InChI=1S/C21H19N9O3S/c1-10(30-9-24-16-15(30)18(32)27-21(33)28(16)2)17(31)25-14-8-34-19(26-14)13-4-22-20(23-5-13)29-6-11-3-12(11)7-29/h3-5,8-11H,6-7H2,1-2H3,(H,25,31)(H,27,32,33)/t10-,11?/m0/s1. The predicted molar refractivity (Wildman–Crippen MR) is 126 cm³/mol. The summed E-state index contributed by atoms with van der Waals surface area (Å²) >= 11 is 1.37. The van der Waals surface area contributed by atoms with Gasteiger partial charge in [-0.2, -0.15) is 0 Å². The van der Waals surface area contributed by atoms with Crippen LogP contribution in [0.2, 0.25) is 0 Å². The third kappa shape index (κ3) is 3.32. The Hall–Kier alpha value is -4.13. The molecule has 2 atom stereocenters. The number of aryl methyl sites for hydroxylation is 1. The van der Waals surface area contributed by atoms with E-state index in [1.165, 1.54) is 39.4 Å². The van der Waals surface area contributed by atoms with Gasteiger partial charge in [0.1, 0.15) is 16.9 Å². The zero-order valence-electron chi connectivity index (χ0n) is 18.2. The maximum atomic E-state index is 12.9. The topological polar surface area (TPSA) is 144 Å². The van der Waals surface area contributed by atoms with Gasteiger partial charge in [-0.25, -0.2) is 24.7 Å². The van der Waals surface area contributed by atoms with Crippen molar-refractivity contribution in [2.24, 2.45) is 13.0 Å². The molecule has 1 saturated heterocycles. The number of fused-ring (bicyclic) bond motifs is 2. The van der Waals surface area contributed by atoms with Crippen LogP contribution in [0, 0.1) is 5.92 Å². The van der Waals surface area contributed by atoms with Crippen LogP contribution in [0.5, 0.6) is 0 Å². The van der Waals surface area contributed by atoms with Gasteiger partial charge >= 0.3 is 5.69 Å². The highest BCUT2D eigenvalue weighted by Crippen LogP contribution is 2.38. The third-order valence-corrected chi connectivity index (χ3v) is 7.02. The molecule has 34 heavy (non-hydrogen) atoms. The van der Waals surface area contributed by atoms with Crippen LogP contribution in [-0.2, 0) is 11.8 Å². The van der Waals surface area contributed by atoms with Gasteiger partial charge in [0.15, 0.2) is 11.2 Å². The van der Waals surface area contributed by atoms with Crippen molar-refractivity contribution in [1.82, 2.24) is 34.1 Å². The summed E-state index contributed by atoms with van der Waals surface area (Å²) in [5.41, 5.74) is 1.40. The van der Waals surface area contributed by atoms with Gasteiger partial charge in [0.2, 0.25) is 11.9 Å². The Morgan fingerprint density at radius 2 is 2.06 bits per heavy atom. The van der Waals surface area contributed by atoms with E-state index in [-0.39, 0.29) is 17.1 Å². The summed E-state index contributed by atoms with van der Waals surface area (Å²) in [4.78, 5) is 58.9. The lowest BCUT2D eigenvalue weighted by Gasteiger charge is -2.15. The van der Waals surface area contributed by atoms with Crippen molar-refractivity contribution in [2.45, 2.75) is 13.0 Å². The number of nitrogens with zero attached hydrogens (tertiary/aromatic N) is 7. The maximum Gasteiger partial charge on any atom is 0.329 e. The number of nitrogens with one attached hydrogen (secondary N) is 2. The number of H-pyrrole nitrogens is 1. The molecule has 1 amide bonds. The first-order chi connectivity index (χ1) is 16.4. The van der Waals surface area contributed by atoms with E-state index in [1.54, 1.807) is 24.7 Å².